The van der Waals surface area contributed by atoms with E-state index in [0.717, 1.165) is 24.5 Å². The van der Waals surface area contributed by atoms with Crippen LogP contribution in [0.1, 0.15) is 43.2 Å². The molecule has 2 heteroatoms. The number of piperidine rings is 1. The van der Waals surface area contributed by atoms with E-state index in [0.29, 0.717) is 0 Å². The summed E-state index contributed by atoms with van der Waals surface area (Å²) in [5.74, 6) is 0.953. The van der Waals surface area contributed by atoms with Crippen molar-refractivity contribution >= 4 is 0 Å². The van der Waals surface area contributed by atoms with E-state index in [9.17, 15) is 0 Å². The van der Waals surface area contributed by atoms with Crippen LogP contribution in [0.15, 0.2) is 24.3 Å². The van der Waals surface area contributed by atoms with Crippen molar-refractivity contribution in [1.29, 1.82) is 0 Å². The van der Waals surface area contributed by atoms with E-state index in [1.807, 2.05) is 0 Å². The quantitative estimate of drug-likeness (QED) is 0.884. The van der Waals surface area contributed by atoms with Crippen LogP contribution in [0.3, 0.4) is 0 Å². The van der Waals surface area contributed by atoms with E-state index in [1.165, 1.54) is 49.8 Å². The van der Waals surface area contributed by atoms with Crippen molar-refractivity contribution in [1.82, 2.24) is 10.2 Å². The molecule has 2 nitrogen and oxygen atoms in total. The summed E-state index contributed by atoms with van der Waals surface area (Å²) in [6.45, 7) is 4.47. The number of fused-ring (bicyclic) bond motifs is 2. The van der Waals surface area contributed by atoms with Crippen molar-refractivity contribution in [3.8, 4) is 0 Å². The number of aryl methyl sites for hydroxylation is 1. The topological polar surface area (TPSA) is 15.3 Å². The van der Waals surface area contributed by atoms with E-state index in [4.69, 9.17) is 0 Å². The number of rotatable bonds is 5. The zero-order valence-electron chi connectivity index (χ0n) is 12.9. The molecule has 2 saturated heterocycles. The van der Waals surface area contributed by atoms with Crippen molar-refractivity contribution < 1.29 is 0 Å². The Hall–Kier alpha value is -0.860. The SMILES string of the molecule is Cc1ccc(CN(C)CCC2CC3CCC(C2)N3)cc1. The predicted molar refractivity (Wildman–Crippen MR) is 84.8 cm³/mol. The maximum Gasteiger partial charge on any atom is 0.0230 e. The second kappa shape index (κ2) is 6.28. The molecule has 0 amide bonds. The standard InChI is InChI=1S/C18H28N2/c1-14-3-5-15(6-4-14)13-20(2)10-9-16-11-17-7-8-18(12-16)19-17/h3-6,16-19H,7-13H2,1-2H3. The van der Waals surface area contributed by atoms with Gasteiger partial charge in [-0.05, 0) is 64.1 Å². The molecule has 0 spiro atoms. The highest BCUT2D eigenvalue weighted by Gasteiger charge is 2.32. The van der Waals surface area contributed by atoms with Gasteiger partial charge in [-0.2, -0.15) is 0 Å². The molecule has 110 valence electrons. The van der Waals surface area contributed by atoms with Crippen molar-refractivity contribution in [2.45, 2.75) is 57.7 Å². The molecule has 2 aliphatic rings. The molecule has 3 rings (SSSR count). The van der Waals surface area contributed by atoms with Gasteiger partial charge < -0.3 is 10.2 Å². The van der Waals surface area contributed by atoms with Gasteiger partial charge in [0, 0.05) is 18.6 Å². The highest BCUT2D eigenvalue weighted by Crippen LogP contribution is 2.32. The normalized spacial score (nSPS) is 29.1. The van der Waals surface area contributed by atoms with E-state index in [2.05, 4.69) is 48.5 Å². The maximum absolute atomic E-state index is 3.74. The maximum atomic E-state index is 3.74. The Labute approximate surface area is 123 Å². The van der Waals surface area contributed by atoms with Crippen LogP contribution in [0, 0.1) is 12.8 Å². The molecule has 1 aromatic carbocycles. The Kier molecular flexibility index (Phi) is 4.42. The molecule has 2 fully saturated rings. The molecular formula is C18H28N2. The minimum atomic E-state index is 0.834. The van der Waals surface area contributed by atoms with Crippen molar-refractivity contribution in [2.75, 3.05) is 13.6 Å². The Bertz CT molecular complexity index is 414. The fraction of sp³-hybridized carbons (Fsp3) is 0.667. The average Bonchev–Trinajstić information content (AvgIpc) is 2.78. The van der Waals surface area contributed by atoms with Gasteiger partial charge in [-0.1, -0.05) is 29.8 Å². The van der Waals surface area contributed by atoms with E-state index >= 15 is 0 Å². The van der Waals surface area contributed by atoms with Gasteiger partial charge in [-0.3, -0.25) is 0 Å². The molecule has 20 heavy (non-hydrogen) atoms. The first-order chi connectivity index (χ1) is 9.69. The van der Waals surface area contributed by atoms with E-state index in [1.54, 1.807) is 0 Å². The third kappa shape index (κ3) is 3.62. The summed E-state index contributed by atoms with van der Waals surface area (Å²) in [6, 6.07) is 10.6. The van der Waals surface area contributed by atoms with E-state index in [-0.39, 0.29) is 0 Å². The van der Waals surface area contributed by atoms with Crippen LogP contribution in [-0.4, -0.2) is 30.6 Å². The molecule has 1 N–H and O–H groups in total. The van der Waals surface area contributed by atoms with Gasteiger partial charge in [0.2, 0.25) is 0 Å². The minimum absolute atomic E-state index is 0.834. The highest BCUT2D eigenvalue weighted by molar-refractivity contribution is 5.21. The molecule has 2 unspecified atom stereocenters. The molecule has 2 atom stereocenters. The number of benzene rings is 1. The van der Waals surface area contributed by atoms with Crippen LogP contribution in [-0.2, 0) is 6.54 Å². The first-order valence-electron chi connectivity index (χ1n) is 8.19. The number of nitrogens with one attached hydrogen (secondary N) is 1. The smallest absolute Gasteiger partial charge is 0.0230 e. The lowest BCUT2D eigenvalue weighted by molar-refractivity contribution is 0.238. The summed E-state index contributed by atoms with van der Waals surface area (Å²) in [7, 11) is 2.26. The van der Waals surface area contributed by atoms with Crippen molar-refractivity contribution in [3.63, 3.8) is 0 Å². The first-order valence-corrected chi connectivity index (χ1v) is 8.19. The van der Waals surface area contributed by atoms with Gasteiger partial charge in [0.25, 0.3) is 0 Å². The number of hydrogen-bond donors (Lipinski definition) is 1. The van der Waals surface area contributed by atoms with Crippen LogP contribution in [0.4, 0.5) is 0 Å². The second-order valence-corrected chi connectivity index (χ2v) is 6.99. The molecule has 2 heterocycles. The van der Waals surface area contributed by atoms with Gasteiger partial charge >= 0.3 is 0 Å². The van der Waals surface area contributed by atoms with Gasteiger partial charge in [-0.15, -0.1) is 0 Å². The molecule has 0 saturated carbocycles. The fourth-order valence-corrected chi connectivity index (χ4v) is 3.90. The van der Waals surface area contributed by atoms with Crippen LogP contribution in [0.5, 0.6) is 0 Å². The molecule has 1 aromatic rings. The monoisotopic (exact) mass is 272 g/mol. The summed E-state index contributed by atoms with van der Waals surface area (Å²) in [6.07, 6.45) is 7.03. The summed E-state index contributed by atoms with van der Waals surface area (Å²) >= 11 is 0. The average molecular weight is 272 g/mol. The third-order valence-electron chi connectivity index (χ3n) is 5.06. The molecule has 0 aromatic heterocycles. The number of nitrogens with zero attached hydrogens (tertiary/aromatic N) is 1. The van der Waals surface area contributed by atoms with Gasteiger partial charge in [0.15, 0.2) is 0 Å². The Morgan fingerprint density at radius 2 is 1.75 bits per heavy atom. The molecule has 2 aliphatic heterocycles. The first kappa shape index (κ1) is 14.1. The van der Waals surface area contributed by atoms with Crippen LogP contribution in [0.25, 0.3) is 0 Å². The molecule has 0 aliphatic carbocycles. The van der Waals surface area contributed by atoms with Gasteiger partial charge in [0.1, 0.15) is 0 Å². The zero-order chi connectivity index (χ0) is 13.9. The zero-order valence-corrected chi connectivity index (χ0v) is 12.9. The van der Waals surface area contributed by atoms with Crippen molar-refractivity contribution in [2.24, 2.45) is 5.92 Å². The highest BCUT2D eigenvalue weighted by atomic mass is 15.1. The Morgan fingerprint density at radius 1 is 1.10 bits per heavy atom. The summed E-state index contributed by atoms with van der Waals surface area (Å²) in [5.41, 5.74) is 2.78. The lowest BCUT2D eigenvalue weighted by Crippen LogP contribution is -2.38. The predicted octanol–water partition coefficient (Wildman–Crippen LogP) is 3.35. The lowest BCUT2D eigenvalue weighted by atomic mass is 9.89. The lowest BCUT2D eigenvalue weighted by Gasteiger charge is -2.30. The Morgan fingerprint density at radius 3 is 2.40 bits per heavy atom. The second-order valence-electron chi connectivity index (χ2n) is 6.99. The van der Waals surface area contributed by atoms with Crippen molar-refractivity contribution in [3.05, 3.63) is 35.4 Å². The van der Waals surface area contributed by atoms with Crippen LogP contribution < -0.4 is 5.32 Å². The largest absolute Gasteiger partial charge is 0.311 e. The molecule has 0 radical (unpaired) electrons. The summed E-state index contributed by atoms with van der Waals surface area (Å²) < 4.78 is 0. The summed E-state index contributed by atoms with van der Waals surface area (Å²) in [4.78, 5) is 2.48. The summed E-state index contributed by atoms with van der Waals surface area (Å²) in [5, 5.41) is 3.74. The Balaban J connectivity index is 1.42. The van der Waals surface area contributed by atoms with Gasteiger partial charge in [-0.25, -0.2) is 0 Å². The molecular weight excluding hydrogens is 244 g/mol. The van der Waals surface area contributed by atoms with Crippen LogP contribution >= 0.6 is 0 Å². The molecule has 2 bridgehead atoms. The van der Waals surface area contributed by atoms with Crippen LogP contribution in [0.2, 0.25) is 0 Å². The number of hydrogen-bond acceptors (Lipinski definition) is 2. The third-order valence-corrected chi connectivity index (χ3v) is 5.06. The van der Waals surface area contributed by atoms with E-state index < -0.39 is 0 Å². The van der Waals surface area contributed by atoms with Gasteiger partial charge in [0.05, 0.1) is 0 Å². The fourth-order valence-electron chi connectivity index (χ4n) is 3.90. The minimum Gasteiger partial charge on any atom is -0.311 e.